The minimum Gasteiger partial charge on any atom is -0.480 e. The van der Waals surface area contributed by atoms with Gasteiger partial charge < -0.3 is 9.84 Å². The lowest BCUT2D eigenvalue weighted by Gasteiger charge is -2.18. The minimum atomic E-state index is -3.85. The van der Waals surface area contributed by atoms with Gasteiger partial charge in [0.15, 0.2) is 0 Å². The molecular weight excluding hydrogens is 294 g/mol. The van der Waals surface area contributed by atoms with Crippen LogP contribution in [-0.2, 0) is 26.0 Å². The van der Waals surface area contributed by atoms with E-state index in [9.17, 15) is 13.2 Å². The van der Waals surface area contributed by atoms with Crippen molar-refractivity contribution in [3.63, 3.8) is 0 Å². The van der Waals surface area contributed by atoms with Crippen LogP contribution < -0.4 is 4.72 Å². The second kappa shape index (κ2) is 7.53. The maximum atomic E-state index is 12.2. The van der Waals surface area contributed by atoms with Gasteiger partial charge in [-0.3, -0.25) is 4.79 Å². The second-order valence-electron chi connectivity index (χ2n) is 5.07. The van der Waals surface area contributed by atoms with Crippen LogP contribution in [0.2, 0.25) is 0 Å². The van der Waals surface area contributed by atoms with Crippen LogP contribution in [-0.4, -0.2) is 39.3 Å². The molecule has 6 nitrogen and oxygen atoms in total. The average molecular weight is 315 g/mol. The van der Waals surface area contributed by atoms with Crippen LogP contribution >= 0.6 is 0 Å². The molecule has 1 rings (SSSR count). The normalized spacial score (nSPS) is 13.3. The maximum Gasteiger partial charge on any atom is 0.322 e. The van der Waals surface area contributed by atoms with Gasteiger partial charge in [-0.05, 0) is 30.0 Å². The number of rotatable bonds is 8. The van der Waals surface area contributed by atoms with E-state index < -0.39 is 22.0 Å². The van der Waals surface area contributed by atoms with Gasteiger partial charge in [0.05, 0.1) is 11.5 Å². The summed E-state index contributed by atoms with van der Waals surface area (Å²) < 4.78 is 31.5. The quantitative estimate of drug-likeness (QED) is 0.753. The summed E-state index contributed by atoms with van der Waals surface area (Å²) in [5.41, 5.74) is 0.953. The van der Waals surface area contributed by atoms with Gasteiger partial charge in [0.1, 0.15) is 6.04 Å². The second-order valence-corrected chi connectivity index (χ2v) is 6.78. The van der Waals surface area contributed by atoms with E-state index >= 15 is 0 Å². The highest BCUT2D eigenvalue weighted by atomic mass is 32.2. The van der Waals surface area contributed by atoms with Gasteiger partial charge in [-0.2, -0.15) is 4.72 Å². The van der Waals surface area contributed by atoms with Crippen molar-refractivity contribution in [1.82, 2.24) is 4.72 Å². The molecule has 0 aliphatic carbocycles. The highest BCUT2D eigenvalue weighted by molar-refractivity contribution is 7.89. The first kappa shape index (κ1) is 17.6. The topological polar surface area (TPSA) is 92.7 Å². The summed E-state index contributed by atoms with van der Waals surface area (Å²) in [6.45, 7) is 3.85. The number of hydrogen-bond acceptors (Lipinski definition) is 4. The molecule has 1 atom stereocenters. The van der Waals surface area contributed by atoms with Crippen molar-refractivity contribution in [2.24, 2.45) is 5.92 Å². The van der Waals surface area contributed by atoms with Crippen molar-refractivity contribution in [3.8, 4) is 0 Å². The van der Waals surface area contributed by atoms with Crippen LogP contribution in [0.25, 0.3) is 0 Å². The summed E-state index contributed by atoms with van der Waals surface area (Å²) in [6, 6.07) is 5.17. The zero-order valence-electron chi connectivity index (χ0n) is 12.4. The summed E-state index contributed by atoms with van der Waals surface area (Å²) in [5, 5.41) is 9.05. The molecule has 0 aliphatic heterocycles. The first-order valence-corrected chi connectivity index (χ1v) is 8.09. The predicted octanol–water partition coefficient (Wildman–Crippen LogP) is 1.26. The molecule has 21 heavy (non-hydrogen) atoms. The third kappa shape index (κ3) is 5.11. The van der Waals surface area contributed by atoms with Crippen molar-refractivity contribution in [2.45, 2.75) is 31.2 Å². The fourth-order valence-electron chi connectivity index (χ4n) is 1.76. The van der Waals surface area contributed by atoms with Crippen LogP contribution in [0.3, 0.4) is 0 Å². The van der Waals surface area contributed by atoms with E-state index in [1.807, 2.05) is 0 Å². The van der Waals surface area contributed by atoms with Crippen molar-refractivity contribution >= 4 is 16.0 Å². The molecule has 0 bridgehead atoms. The van der Waals surface area contributed by atoms with E-state index in [0.29, 0.717) is 13.0 Å². The van der Waals surface area contributed by atoms with Crippen LogP contribution in [0.5, 0.6) is 0 Å². The fourth-order valence-corrected chi connectivity index (χ4v) is 3.10. The number of hydrogen-bond donors (Lipinski definition) is 2. The zero-order valence-corrected chi connectivity index (χ0v) is 13.2. The summed E-state index contributed by atoms with van der Waals surface area (Å²) in [7, 11) is -2.25. The smallest absolute Gasteiger partial charge is 0.322 e. The third-order valence-electron chi connectivity index (χ3n) is 3.04. The Morgan fingerprint density at radius 3 is 2.29 bits per heavy atom. The number of ether oxygens (including phenoxy) is 1. The minimum absolute atomic E-state index is 0.0515. The molecule has 7 heteroatoms. The lowest BCUT2D eigenvalue weighted by molar-refractivity contribution is -0.140. The Bertz CT molecular complexity index is 566. The fraction of sp³-hybridized carbons (Fsp3) is 0.500. The standard InChI is InChI=1S/C14H21NO5S/c1-10(2)13(14(16)17)15-21(18,19)12-6-4-11(5-7-12)8-9-20-3/h4-7,10,13,15H,8-9H2,1-3H3,(H,16,17)/t13-/m1/s1. The molecule has 118 valence electrons. The van der Waals surface area contributed by atoms with Gasteiger partial charge in [-0.1, -0.05) is 26.0 Å². The number of nitrogens with one attached hydrogen (secondary N) is 1. The Kier molecular flexibility index (Phi) is 6.32. The number of carboxylic acid groups (broad SMARTS) is 1. The Balaban J connectivity index is 2.89. The summed E-state index contributed by atoms with van der Waals surface area (Å²) in [4.78, 5) is 11.1. The number of methoxy groups -OCH3 is 1. The summed E-state index contributed by atoms with van der Waals surface area (Å²) in [6.07, 6.45) is 0.688. The Hall–Kier alpha value is -1.44. The number of sulfonamides is 1. The van der Waals surface area contributed by atoms with Crippen LogP contribution in [0.4, 0.5) is 0 Å². The number of carbonyl (C=O) groups is 1. The van der Waals surface area contributed by atoms with Gasteiger partial charge in [-0.15, -0.1) is 0 Å². The summed E-state index contributed by atoms with van der Waals surface area (Å²) >= 11 is 0. The SMILES string of the molecule is COCCc1ccc(S(=O)(=O)N[C@@H](C(=O)O)C(C)C)cc1. The molecule has 1 aromatic carbocycles. The number of carboxylic acids is 1. The first-order chi connectivity index (χ1) is 9.77. The van der Waals surface area contributed by atoms with Gasteiger partial charge in [0.25, 0.3) is 0 Å². The highest BCUT2D eigenvalue weighted by Crippen LogP contribution is 2.13. The van der Waals surface area contributed by atoms with Crippen molar-refractivity contribution in [1.29, 1.82) is 0 Å². The van der Waals surface area contributed by atoms with E-state index in [4.69, 9.17) is 9.84 Å². The van der Waals surface area contributed by atoms with Crippen molar-refractivity contribution < 1.29 is 23.1 Å². The van der Waals surface area contributed by atoms with Gasteiger partial charge in [0, 0.05) is 7.11 Å². The van der Waals surface area contributed by atoms with Crippen molar-refractivity contribution in [2.75, 3.05) is 13.7 Å². The zero-order chi connectivity index (χ0) is 16.0. The molecule has 0 saturated heterocycles. The molecule has 0 radical (unpaired) electrons. The predicted molar refractivity (Wildman–Crippen MR) is 78.6 cm³/mol. The molecular formula is C14H21NO5S. The van der Waals surface area contributed by atoms with Crippen LogP contribution in [0, 0.1) is 5.92 Å². The van der Waals surface area contributed by atoms with E-state index in [0.717, 1.165) is 5.56 Å². The van der Waals surface area contributed by atoms with E-state index in [1.54, 1.807) is 33.1 Å². The third-order valence-corrected chi connectivity index (χ3v) is 4.50. The Labute approximate surface area is 125 Å². The van der Waals surface area contributed by atoms with E-state index in [2.05, 4.69) is 4.72 Å². The molecule has 0 aromatic heterocycles. The van der Waals surface area contributed by atoms with Gasteiger partial charge >= 0.3 is 5.97 Å². The molecule has 0 spiro atoms. The monoisotopic (exact) mass is 315 g/mol. The Morgan fingerprint density at radius 1 is 1.29 bits per heavy atom. The molecule has 0 aliphatic rings. The maximum absolute atomic E-state index is 12.2. The van der Waals surface area contributed by atoms with Crippen LogP contribution in [0.15, 0.2) is 29.2 Å². The van der Waals surface area contributed by atoms with E-state index in [1.165, 1.54) is 12.1 Å². The average Bonchev–Trinajstić information content (AvgIpc) is 2.42. The van der Waals surface area contributed by atoms with Crippen LogP contribution in [0.1, 0.15) is 19.4 Å². The molecule has 0 fully saturated rings. The number of benzene rings is 1. The molecule has 0 unspecified atom stereocenters. The van der Waals surface area contributed by atoms with Crippen molar-refractivity contribution in [3.05, 3.63) is 29.8 Å². The molecule has 0 amide bonds. The molecule has 0 saturated carbocycles. The molecule has 2 N–H and O–H groups in total. The highest BCUT2D eigenvalue weighted by Gasteiger charge is 2.27. The number of aliphatic carboxylic acids is 1. The van der Waals surface area contributed by atoms with Gasteiger partial charge in [-0.25, -0.2) is 8.42 Å². The Morgan fingerprint density at radius 2 is 1.86 bits per heavy atom. The van der Waals surface area contributed by atoms with Gasteiger partial charge in [0.2, 0.25) is 10.0 Å². The summed E-state index contributed by atoms with van der Waals surface area (Å²) in [5.74, 6) is -1.54. The largest absolute Gasteiger partial charge is 0.480 e. The lowest BCUT2D eigenvalue weighted by atomic mass is 10.1. The lowest BCUT2D eigenvalue weighted by Crippen LogP contribution is -2.44. The first-order valence-electron chi connectivity index (χ1n) is 6.61. The van der Waals surface area contributed by atoms with E-state index in [-0.39, 0.29) is 10.8 Å². The molecule has 1 aromatic rings. The molecule has 0 heterocycles.